The van der Waals surface area contributed by atoms with Crippen molar-refractivity contribution in [1.29, 1.82) is 0 Å². The maximum atomic E-state index is 5.03. The van der Waals surface area contributed by atoms with E-state index in [2.05, 4.69) is 120 Å². The average Bonchev–Trinajstić information content (AvgIpc) is 3.30. The number of hydrogen-bond donors (Lipinski definition) is 0. The summed E-state index contributed by atoms with van der Waals surface area (Å²) in [5.74, 6) is 0. The summed E-state index contributed by atoms with van der Waals surface area (Å²) in [4.78, 5) is 0. The molecule has 0 saturated carbocycles. The van der Waals surface area contributed by atoms with Gasteiger partial charge in [-0.15, -0.1) is 0 Å². The minimum absolute atomic E-state index is 0.969. The fraction of sp³-hybridized carbons (Fsp3) is 0. The van der Waals surface area contributed by atoms with E-state index in [1.54, 1.807) is 0 Å². The normalized spacial score (nSPS) is 11.2. The maximum absolute atomic E-state index is 5.03. The first-order valence-corrected chi connectivity index (χ1v) is 10.5. The SMILES string of the molecule is c1ccc(-c2cc(-c3ccc4ccccc4c3)n(-c3ccc4ccccc4c3)n2)cc1. The van der Waals surface area contributed by atoms with Crippen molar-refractivity contribution in [2.24, 2.45) is 0 Å². The van der Waals surface area contributed by atoms with Crippen molar-refractivity contribution in [3.05, 3.63) is 121 Å². The van der Waals surface area contributed by atoms with Crippen molar-refractivity contribution < 1.29 is 0 Å². The standard InChI is InChI=1S/C29H20N2/c1-2-10-23(11-3-1)28-20-29(26-15-14-21-8-4-6-12-24(21)18-26)31(30-28)27-17-16-22-9-5-7-13-25(22)19-27/h1-20H. The van der Waals surface area contributed by atoms with Gasteiger partial charge in [0.1, 0.15) is 0 Å². The van der Waals surface area contributed by atoms with Crippen LogP contribution in [0, 0.1) is 0 Å². The van der Waals surface area contributed by atoms with E-state index < -0.39 is 0 Å². The fourth-order valence-electron chi connectivity index (χ4n) is 4.19. The number of fused-ring (bicyclic) bond motifs is 2. The summed E-state index contributed by atoms with van der Waals surface area (Å²) in [6, 6.07) is 42.6. The Morgan fingerprint density at radius 3 is 1.81 bits per heavy atom. The first-order valence-electron chi connectivity index (χ1n) is 10.5. The summed E-state index contributed by atoms with van der Waals surface area (Å²) in [5.41, 5.74) is 5.38. The van der Waals surface area contributed by atoms with E-state index in [1.807, 2.05) is 6.07 Å². The monoisotopic (exact) mass is 396 g/mol. The van der Waals surface area contributed by atoms with Crippen LogP contribution in [0.5, 0.6) is 0 Å². The zero-order valence-corrected chi connectivity index (χ0v) is 16.9. The lowest BCUT2D eigenvalue weighted by molar-refractivity contribution is 0.893. The van der Waals surface area contributed by atoms with Crippen molar-refractivity contribution in [3.63, 3.8) is 0 Å². The molecule has 0 spiro atoms. The number of nitrogens with zero attached hydrogens (tertiary/aromatic N) is 2. The highest BCUT2D eigenvalue weighted by Gasteiger charge is 2.14. The second-order valence-corrected chi connectivity index (χ2v) is 7.79. The Bertz CT molecular complexity index is 1430. The van der Waals surface area contributed by atoms with Gasteiger partial charge in [-0.3, -0.25) is 0 Å². The van der Waals surface area contributed by atoms with Crippen LogP contribution in [-0.2, 0) is 0 Å². The molecule has 6 aromatic rings. The van der Waals surface area contributed by atoms with Gasteiger partial charge in [-0.1, -0.05) is 97.1 Å². The minimum Gasteiger partial charge on any atom is -0.232 e. The van der Waals surface area contributed by atoms with Gasteiger partial charge < -0.3 is 0 Å². The molecule has 6 rings (SSSR count). The van der Waals surface area contributed by atoms with Gasteiger partial charge in [0.05, 0.1) is 17.1 Å². The molecule has 0 aliphatic heterocycles. The zero-order chi connectivity index (χ0) is 20.6. The van der Waals surface area contributed by atoms with E-state index >= 15 is 0 Å². The molecule has 2 heteroatoms. The molecule has 5 aromatic carbocycles. The highest BCUT2D eigenvalue weighted by atomic mass is 15.3. The predicted octanol–water partition coefficient (Wildman–Crippen LogP) is 7.51. The summed E-state index contributed by atoms with van der Waals surface area (Å²) in [7, 11) is 0. The van der Waals surface area contributed by atoms with E-state index in [0.717, 1.165) is 28.2 Å². The molecule has 0 radical (unpaired) electrons. The summed E-state index contributed by atoms with van der Waals surface area (Å²) in [5, 5.41) is 9.94. The molecule has 0 N–H and O–H groups in total. The van der Waals surface area contributed by atoms with Crippen LogP contribution < -0.4 is 0 Å². The average molecular weight is 396 g/mol. The quantitative estimate of drug-likeness (QED) is 0.303. The highest BCUT2D eigenvalue weighted by Crippen LogP contribution is 2.31. The topological polar surface area (TPSA) is 17.8 Å². The molecule has 0 unspecified atom stereocenters. The lowest BCUT2D eigenvalue weighted by Crippen LogP contribution is -1.99. The number of rotatable bonds is 3. The second kappa shape index (κ2) is 7.26. The van der Waals surface area contributed by atoms with Crippen LogP contribution in [-0.4, -0.2) is 9.78 Å². The van der Waals surface area contributed by atoms with Gasteiger partial charge in [0.15, 0.2) is 0 Å². The number of aromatic nitrogens is 2. The molecule has 0 bridgehead atoms. The van der Waals surface area contributed by atoms with Crippen LogP contribution >= 0.6 is 0 Å². The van der Waals surface area contributed by atoms with Crippen molar-refractivity contribution in [2.45, 2.75) is 0 Å². The second-order valence-electron chi connectivity index (χ2n) is 7.79. The van der Waals surface area contributed by atoms with Crippen molar-refractivity contribution in [2.75, 3.05) is 0 Å². The predicted molar refractivity (Wildman–Crippen MR) is 129 cm³/mol. The molecule has 0 saturated heterocycles. The van der Waals surface area contributed by atoms with E-state index in [9.17, 15) is 0 Å². The van der Waals surface area contributed by atoms with E-state index in [4.69, 9.17) is 5.10 Å². The molecular formula is C29H20N2. The molecule has 0 fully saturated rings. The van der Waals surface area contributed by atoms with Gasteiger partial charge in [-0.05, 0) is 45.8 Å². The lowest BCUT2D eigenvalue weighted by Gasteiger charge is -2.10. The molecule has 1 aromatic heterocycles. The van der Waals surface area contributed by atoms with Gasteiger partial charge in [0.2, 0.25) is 0 Å². The third kappa shape index (κ3) is 3.19. The van der Waals surface area contributed by atoms with E-state index in [1.165, 1.54) is 21.5 Å². The van der Waals surface area contributed by atoms with Crippen LogP contribution in [0.1, 0.15) is 0 Å². The van der Waals surface area contributed by atoms with Gasteiger partial charge >= 0.3 is 0 Å². The Labute approximate surface area is 181 Å². The summed E-state index contributed by atoms with van der Waals surface area (Å²) < 4.78 is 2.07. The van der Waals surface area contributed by atoms with Gasteiger partial charge in [0.25, 0.3) is 0 Å². The lowest BCUT2D eigenvalue weighted by atomic mass is 10.0. The number of benzene rings is 5. The first kappa shape index (κ1) is 17.7. The highest BCUT2D eigenvalue weighted by molar-refractivity contribution is 5.88. The summed E-state index contributed by atoms with van der Waals surface area (Å²) in [6.07, 6.45) is 0. The molecule has 31 heavy (non-hydrogen) atoms. The summed E-state index contributed by atoms with van der Waals surface area (Å²) in [6.45, 7) is 0. The maximum Gasteiger partial charge on any atom is 0.0934 e. The minimum atomic E-state index is 0.969. The van der Waals surface area contributed by atoms with Crippen molar-refractivity contribution in [1.82, 2.24) is 9.78 Å². The van der Waals surface area contributed by atoms with Crippen LogP contribution in [0.2, 0.25) is 0 Å². The number of hydrogen-bond acceptors (Lipinski definition) is 1. The Morgan fingerprint density at radius 1 is 0.452 bits per heavy atom. The molecule has 0 atom stereocenters. The van der Waals surface area contributed by atoms with Crippen LogP contribution in [0.15, 0.2) is 121 Å². The van der Waals surface area contributed by atoms with Crippen molar-refractivity contribution in [3.8, 4) is 28.2 Å². The van der Waals surface area contributed by atoms with E-state index in [-0.39, 0.29) is 0 Å². The van der Waals surface area contributed by atoms with Crippen LogP contribution in [0.25, 0.3) is 49.7 Å². The Kier molecular flexibility index (Phi) is 4.14. The smallest absolute Gasteiger partial charge is 0.0934 e. The third-order valence-electron chi connectivity index (χ3n) is 5.80. The van der Waals surface area contributed by atoms with Gasteiger partial charge in [0, 0.05) is 11.1 Å². The summed E-state index contributed by atoms with van der Waals surface area (Å²) >= 11 is 0. The van der Waals surface area contributed by atoms with Crippen LogP contribution in [0.3, 0.4) is 0 Å². The molecule has 2 nitrogen and oxygen atoms in total. The largest absolute Gasteiger partial charge is 0.232 e. The molecule has 1 heterocycles. The zero-order valence-electron chi connectivity index (χ0n) is 16.9. The Hall–Kier alpha value is -4.17. The molecular weight excluding hydrogens is 376 g/mol. The molecule has 0 aliphatic carbocycles. The molecule has 0 aliphatic rings. The van der Waals surface area contributed by atoms with Gasteiger partial charge in [-0.2, -0.15) is 5.10 Å². The van der Waals surface area contributed by atoms with Gasteiger partial charge in [-0.25, -0.2) is 4.68 Å². The Balaban J connectivity index is 1.58. The first-order chi connectivity index (χ1) is 15.3. The van der Waals surface area contributed by atoms with Crippen molar-refractivity contribution >= 4 is 21.5 Å². The fourth-order valence-corrected chi connectivity index (χ4v) is 4.19. The van der Waals surface area contributed by atoms with E-state index in [0.29, 0.717) is 0 Å². The third-order valence-corrected chi connectivity index (χ3v) is 5.80. The van der Waals surface area contributed by atoms with Crippen LogP contribution in [0.4, 0.5) is 0 Å². The molecule has 146 valence electrons. The Morgan fingerprint density at radius 2 is 1.06 bits per heavy atom. The molecule has 0 amide bonds.